The van der Waals surface area contributed by atoms with Gasteiger partial charge in [0.1, 0.15) is 0 Å². The van der Waals surface area contributed by atoms with Gasteiger partial charge < -0.3 is 5.32 Å². The summed E-state index contributed by atoms with van der Waals surface area (Å²) in [5.41, 5.74) is 1.69. The average molecular weight is 276 g/mol. The van der Waals surface area contributed by atoms with Gasteiger partial charge in [0.2, 0.25) is 0 Å². The Balaban J connectivity index is 2.14. The van der Waals surface area contributed by atoms with Gasteiger partial charge in [-0.15, -0.1) is 0 Å². The van der Waals surface area contributed by atoms with Crippen molar-refractivity contribution in [2.75, 3.05) is 13.1 Å². The third-order valence-electron chi connectivity index (χ3n) is 3.33. The minimum Gasteiger partial charge on any atom is -0.317 e. The SMILES string of the molecule is C=C/C(=N\C(=N)c1ccc(Cl)cc1)C1CCNCC1. The van der Waals surface area contributed by atoms with Crippen LogP contribution in [0.15, 0.2) is 41.9 Å². The predicted molar refractivity (Wildman–Crippen MR) is 81.5 cm³/mol. The van der Waals surface area contributed by atoms with E-state index < -0.39 is 0 Å². The Kier molecular flexibility index (Phi) is 4.88. The van der Waals surface area contributed by atoms with Gasteiger partial charge in [0.05, 0.1) is 0 Å². The minimum atomic E-state index is 0.269. The Morgan fingerprint density at radius 3 is 2.53 bits per heavy atom. The van der Waals surface area contributed by atoms with Crippen molar-refractivity contribution in [1.82, 2.24) is 5.32 Å². The molecular weight excluding hydrogens is 258 g/mol. The Morgan fingerprint density at radius 2 is 1.95 bits per heavy atom. The van der Waals surface area contributed by atoms with Gasteiger partial charge in [-0.3, -0.25) is 5.41 Å². The van der Waals surface area contributed by atoms with Crippen LogP contribution in [0.2, 0.25) is 5.02 Å². The Labute approximate surface area is 118 Å². The summed E-state index contributed by atoms with van der Waals surface area (Å²) >= 11 is 5.84. The molecule has 0 amide bonds. The van der Waals surface area contributed by atoms with Crippen LogP contribution in [-0.4, -0.2) is 24.6 Å². The summed E-state index contributed by atoms with van der Waals surface area (Å²) in [7, 11) is 0. The highest BCUT2D eigenvalue weighted by atomic mass is 35.5. The number of aliphatic imine (C=N–C) groups is 1. The highest BCUT2D eigenvalue weighted by Crippen LogP contribution is 2.16. The standard InChI is InChI=1S/C15H18ClN3/c1-2-14(11-7-9-18-10-8-11)19-15(17)12-3-5-13(16)6-4-12/h2-6,11,17-18H,1,7-10H2/b17-15?,19-14+. The lowest BCUT2D eigenvalue weighted by atomic mass is 9.92. The molecule has 0 unspecified atom stereocenters. The molecule has 19 heavy (non-hydrogen) atoms. The number of amidine groups is 1. The van der Waals surface area contributed by atoms with Gasteiger partial charge in [0, 0.05) is 22.2 Å². The lowest BCUT2D eigenvalue weighted by Crippen LogP contribution is -2.31. The molecule has 0 atom stereocenters. The monoisotopic (exact) mass is 275 g/mol. The van der Waals surface area contributed by atoms with Crippen LogP contribution in [0.4, 0.5) is 0 Å². The van der Waals surface area contributed by atoms with Gasteiger partial charge in [0.25, 0.3) is 0 Å². The second kappa shape index (κ2) is 6.64. The highest BCUT2D eigenvalue weighted by Gasteiger charge is 2.17. The van der Waals surface area contributed by atoms with E-state index in [-0.39, 0.29) is 5.84 Å². The van der Waals surface area contributed by atoms with E-state index in [1.54, 1.807) is 18.2 Å². The van der Waals surface area contributed by atoms with Crippen molar-refractivity contribution in [3.63, 3.8) is 0 Å². The van der Waals surface area contributed by atoms with Crippen molar-refractivity contribution in [1.29, 1.82) is 5.41 Å². The summed E-state index contributed by atoms with van der Waals surface area (Å²) in [6.07, 6.45) is 3.89. The molecule has 2 rings (SSSR count). The van der Waals surface area contributed by atoms with Gasteiger partial charge in [-0.25, -0.2) is 4.99 Å². The molecule has 1 aliphatic heterocycles. The summed E-state index contributed by atoms with van der Waals surface area (Å²) < 4.78 is 0. The van der Waals surface area contributed by atoms with Crippen molar-refractivity contribution in [2.45, 2.75) is 12.8 Å². The molecule has 3 nitrogen and oxygen atoms in total. The Morgan fingerprint density at radius 1 is 1.32 bits per heavy atom. The molecule has 1 aromatic carbocycles. The number of hydrogen-bond acceptors (Lipinski definition) is 2. The predicted octanol–water partition coefficient (Wildman–Crippen LogP) is 3.29. The molecule has 1 heterocycles. The zero-order valence-corrected chi connectivity index (χ0v) is 11.6. The molecule has 2 N–H and O–H groups in total. The molecule has 0 saturated carbocycles. The van der Waals surface area contributed by atoms with Gasteiger partial charge in [-0.1, -0.05) is 18.2 Å². The largest absolute Gasteiger partial charge is 0.317 e. The number of hydrogen-bond donors (Lipinski definition) is 2. The fourth-order valence-electron chi connectivity index (χ4n) is 2.22. The van der Waals surface area contributed by atoms with Gasteiger partial charge >= 0.3 is 0 Å². The third kappa shape index (κ3) is 3.75. The quantitative estimate of drug-likeness (QED) is 0.645. The molecule has 0 spiro atoms. The first-order chi connectivity index (χ1) is 9.20. The van der Waals surface area contributed by atoms with Crippen LogP contribution in [0.25, 0.3) is 0 Å². The van der Waals surface area contributed by atoms with Crippen molar-refractivity contribution in [3.05, 3.63) is 47.5 Å². The van der Waals surface area contributed by atoms with E-state index in [4.69, 9.17) is 17.0 Å². The van der Waals surface area contributed by atoms with E-state index in [1.807, 2.05) is 12.1 Å². The lowest BCUT2D eigenvalue weighted by molar-refractivity contribution is 0.458. The maximum atomic E-state index is 8.06. The molecule has 1 aliphatic rings. The summed E-state index contributed by atoms with van der Waals surface area (Å²) in [4.78, 5) is 4.43. The van der Waals surface area contributed by atoms with Crippen LogP contribution in [0.1, 0.15) is 18.4 Å². The van der Waals surface area contributed by atoms with Gasteiger partial charge in [-0.2, -0.15) is 0 Å². The molecule has 0 aliphatic carbocycles. The highest BCUT2D eigenvalue weighted by molar-refractivity contribution is 6.30. The summed E-state index contributed by atoms with van der Waals surface area (Å²) in [6.45, 7) is 5.84. The first kappa shape index (κ1) is 14.0. The van der Waals surface area contributed by atoms with Crippen LogP contribution in [0.3, 0.4) is 0 Å². The van der Waals surface area contributed by atoms with Crippen LogP contribution >= 0.6 is 11.6 Å². The molecule has 0 aromatic heterocycles. The molecule has 4 heteroatoms. The summed E-state index contributed by atoms with van der Waals surface area (Å²) in [6, 6.07) is 7.19. The van der Waals surface area contributed by atoms with E-state index in [9.17, 15) is 0 Å². The molecule has 1 fully saturated rings. The van der Waals surface area contributed by atoms with Crippen molar-refractivity contribution in [2.24, 2.45) is 10.9 Å². The summed E-state index contributed by atoms with van der Waals surface area (Å²) in [5, 5.41) is 12.1. The fourth-order valence-corrected chi connectivity index (χ4v) is 2.35. The van der Waals surface area contributed by atoms with Gasteiger partial charge in [0.15, 0.2) is 5.84 Å². The van der Waals surface area contributed by atoms with Gasteiger partial charge in [-0.05, 0) is 56.3 Å². The number of nitrogens with one attached hydrogen (secondary N) is 2. The minimum absolute atomic E-state index is 0.269. The molecule has 1 aromatic rings. The average Bonchev–Trinajstić information content (AvgIpc) is 2.46. The number of benzene rings is 1. The van der Waals surface area contributed by atoms with Crippen LogP contribution in [-0.2, 0) is 0 Å². The van der Waals surface area contributed by atoms with Crippen LogP contribution < -0.4 is 5.32 Å². The fraction of sp³-hybridized carbons (Fsp3) is 0.333. The Bertz CT molecular complexity index is 485. The first-order valence-corrected chi connectivity index (χ1v) is 6.84. The van der Waals surface area contributed by atoms with E-state index in [2.05, 4.69) is 16.9 Å². The van der Waals surface area contributed by atoms with Crippen molar-refractivity contribution in [3.8, 4) is 0 Å². The van der Waals surface area contributed by atoms with E-state index in [0.29, 0.717) is 10.9 Å². The Hall–Kier alpha value is -1.45. The summed E-state index contributed by atoms with van der Waals surface area (Å²) in [5.74, 6) is 0.677. The molecule has 1 saturated heterocycles. The topological polar surface area (TPSA) is 48.2 Å². The lowest BCUT2D eigenvalue weighted by Gasteiger charge is -2.22. The molecular formula is C15H18ClN3. The number of piperidine rings is 1. The zero-order chi connectivity index (χ0) is 13.7. The third-order valence-corrected chi connectivity index (χ3v) is 3.58. The number of rotatable bonds is 3. The zero-order valence-electron chi connectivity index (χ0n) is 10.8. The maximum absolute atomic E-state index is 8.06. The smallest absolute Gasteiger partial charge is 0.152 e. The van der Waals surface area contributed by atoms with E-state index in [1.165, 1.54) is 0 Å². The van der Waals surface area contributed by atoms with Crippen LogP contribution in [0, 0.1) is 11.3 Å². The van der Waals surface area contributed by atoms with Crippen molar-refractivity contribution >= 4 is 23.1 Å². The van der Waals surface area contributed by atoms with E-state index in [0.717, 1.165) is 37.2 Å². The number of halogens is 1. The second-order valence-corrected chi connectivity index (χ2v) is 5.06. The van der Waals surface area contributed by atoms with Crippen LogP contribution in [0.5, 0.6) is 0 Å². The second-order valence-electron chi connectivity index (χ2n) is 4.62. The normalized spacial score (nSPS) is 17.2. The number of nitrogens with zero attached hydrogens (tertiary/aromatic N) is 1. The first-order valence-electron chi connectivity index (χ1n) is 6.47. The van der Waals surface area contributed by atoms with Crippen molar-refractivity contribution < 1.29 is 0 Å². The molecule has 100 valence electrons. The number of allylic oxidation sites excluding steroid dienone is 1. The van der Waals surface area contributed by atoms with E-state index >= 15 is 0 Å². The molecule has 0 radical (unpaired) electrons. The maximum Gasteiger partial charge on any atom is 0.152 e. The molecule has 0 bridgehead atoms.